The van der Waals surface area contributed by atoms with Crippen LogP contribution in [0, 0.1) is 0 Å². The average molecular weight is 231 g/mol. The van der Waals surface area contributed by atoms with Crippen molar-refractivity contribution in [3.8, 4) is 0 Å². The van der Waals surface area contributed by atoms with Gasteiger partial charge in [0.15, 0.2) is 17.0 Å². The van der Waals surface area contributed by atoms with Crippen molar-refractivity contribution in [2.45, 2.75) is 18.9 Å². The first kappa shape index (κ1) is 10.3. The van der Waals surface area contributed by atoms with Crippen LogP contribution in [-0.2, 0) is 0 Å². The van der Waals surface area contributed by atoms with Crippen molar-refractivity contribution in [3.05, 3.63) is 18.7 Å². The van der Waals surface area contributed by atoms with Crippen LogP contribution < -0.4 is 4.90 Å². The summed E-state index contributed by atoms with van der Waals surface area (Å²) in [4.78, 5) is 19.0. The van der Waals surface area contributed by atoms with E-state index in [0.717, 1.165) is 37.3 Å². The predicted molar refractivity (Wildman–Crippen MR) is 62.6 cm³/mol. The second-order valence-corrected chi connectivity index (χ2v) is 4.14. The smallest absolute Gasteiger partial charge is 0.183 e. The molecular formula is C11H13N5O. The molecule has 0 bridgehead atoms. The number of hydrogen-bond acceptors (Lipinski definition) is 6. The summed E-state index contributed by atoms with van der Waals surface area (Å²) in [5, 5.41) is 9.50. The van der Waals surface area contributed by atoms with E-state index in [1.807, 2.05) is 0 Å². The van der Waals surface area contributed by atoms with Gasteiger partial charge in [-0.1, -0.05) is 0 Å². The summed E-state index contributed by atoms with van der Waals surface area (Å²) in [7, 11) is 0. The van der Waals surface area contributed by atoms with Crippen molar-refractivity contribution in [2.75, 3.05) is 18.0 Å². The number of anilines is 1. The minimum absolute atomic E-state index is 0.189. The van der Waals surface area contributed by atoms with Gasteiger partial charge in [-0.05, 0) is 12.8 Å². The number of piperidine rings is 1. The van der Waals surface area contributed by atoms with Crippen LogP contribution in [-0.4, -0.2) is 44.2 Å². The Morgan fingerprint density at radius 2 is 1.82 bits per heavy atom. The molecule has 88 valence electrons. The zero-order valence-electron chi connectivity index (χ0n) is 9.32. The van der Waals surface area contributed by atoms with Crippen LogP contribution in [0.2, 0.25) is 0 Å². The first-order chi connectivity index (χ1) is 8.34. The first-order valence-corrected chi connectivity index (χ1v) is 5.69. The summed E-state index contributed by atoms with van der Waals surface area (Å²) in [5.74, 6) is 0.815. The van der Waals surface area contributed by atoms with Gasteiger partial charge in [0.25, 0.3) is 0 Å². The molecule has 6 heteroatoms. The Kier molecular flexibility index (Phi) is 2.56. The fraction of sp³-hybridized carbons (Fsp3) is 0.455. The highest BCUT2D eigenvalue weighted by molar-refractivity contribution is 5.82. The molecular weight excluding hydrogens is 218 g/mol. The van der Waals surface area contributed by atoms with Gasteiger partial charge in [-0.2, -0.15) is 0 Å². The van der Waals surface area contributed by atoms with Crippen molar-refractivity contribution in [3.63, 3.8) is 0 Å². The molecule has 1 saturated heterocycles. The Balaban J connectivity index is 2.00. The molecule has 17 heavy (non-hydrogen) atoms. The van der Waals surface area contributed by atoms with Crippen LogP contribution in [0.1, 0.15) is 12.8 Å². The second kappa shape index (κ2) is 4.21. The molecule has 2 aromatic heterocycles. The maximum atomic E-state index is 9.50. The van der Waals surface area contributed by atoms with Crippen LogP contribution >= 0.6 is 0 Å². The molecule has 0 aliphatic carbocycles. The second-order valence-electron chi connectivity index (χ2n) is 4.14. The summed E-state index contributed by atoms with van der Waals surface area (Å²) in [6.07, 6.45) is 6.13. The third-order valence-electron chi connectivity index (χ3n) is 3.01. The van der Waals surface area contributed by atoms with E-state index in [2.05, 4.69) is 24.8 Å². The lowest BCUT2D eigenvalue weighted by molar-refractivity contribution is 0.145. The molecule has 0 aromatic carbocycles. The van der Waals surface area contributed by atoms with E-state index in [0.29, 0.717) is 5.65 Å². The lowest BCUT2D eigenvalue weighted by Crippen LogP contribution is -2.36. The van der Waals surface area contributed by atoms with Gasteiger partial charge in [-0.15, -0.1) is 0 Å². The van der Waals surface area contributed by atoms with Gasteiger partial charge in [-0.3, -0.25) is 0 Å². The molecule has 1 fully saturated rings. The van der Waals surface area contributed by atoms with Gasteiger partial charge in [0.2, 0.25) is 0 Å². The molecule has 2 aromatic rings. The molecule has 3 rings (SSSR count). The van der Waals surface area contributed by atoms with Crippen LogP contribution in [0.5, 0.6) is 0 Å². The average Bonchev–Trinajstić information content (AvgIpc) is 2.39. The monoisotopic (exact) mass is 231 g/mol. The highest BCUT2D eigenvalue weighted by Crippen LogP contribution is 2.22. The summed E-state index contributed by atoms with van der Waals surface area (Å²) in [6, 6.07) is 0. The Morgan fingerprint density at radius 3 is 2.65 bits per heavy atom. The van der Waals surface area contributed by atoms with Gasteiger partial charge in [0.1, 0.15) is 6.33 Å². The highest BCUT2D eigenvalue weighted by Gasteiger charge is 2.20. The Bertz CT molecular complexity index is 519. The molecule has 0 amide bonds. The summed E-state index contributed by atoms with van der Waals surface area (Å²) >= 11 is 0. The van der Waals surface area contributed by atoms with Gasteiger partial charge in [-0.25, -0.2) is 19.9 Å². The maximum Gasteiger partial charge on any atom is 0.183 e. The minimum Gasteiger partial charge on any atom is -0.393 e. The molecule has 0 unspecified atom stereocenters. The number of nitrogens with zero attached hydrogens (tertiary/aromatic N) is 5. The van der Waals surface area contributed by atoms with Gasteiger partial charge in [0, 0.05) is 25.5 Å². The van der Waals surface area contributed by atoms with Gasteiger partial charge in [0.05, 0.1) is 6.10 Å². The summed E-state index contributed by atoms with van der Waals surface area (Å²) < 4.78 is 0. The zero-order valence-corrected chi connectivity index (χ0v) is 9.32. The van der Waals surface area contributed by atoms with Crippen LogP contribution in [0.15, 0.2) is 18.7 Å². The minimum atomic E-state index is -0.189. The van der Waals surface area contributed by atoms with E-state index in [9.17, 15) is 5.11 Å². The van der Waals surface area contributed by atoms with Crippen molar-refractivity contribution < 1.29 is 5.11 Å². The fourth-order valence-electron chi connectivity index (χ4n) is 2.09. The lowest BCUT2D eigenvalue weighted by atomic mass is 10.1. The molecule has 1 N–H and O–H groups in total. The lowest BCUT2D eigenvalue weighted by Gasteiger charge is -2.30. The summed E-state index contributed by atoms with van der Waals surface area (Å²) in [5.41, 5.74) is 1.34. The van der Waals surface area contributed by atoms with E-state index in [1.165, 1.54) is 6.33 Å². The van der Waals surface area contributed by atoms with E-state index in [-0.39, 0.29) is 6.10 Å². The van der Waals surface area contributed by atoms with E-state index in [1.54, 1.807) is 12.4 Å². The van der Waals surface area contributed by atoms with Gasteiger partial charge < -0.3 is 10.0 Å². The first-order valence-electron chi connectivity index (χ1n) is 5.69. The van der Waals surface area contributed by atoms with Crippen molar-refractivity contribution in [2.24, 2.45) is 0 Å². The number of aliphatic hydroxyl groups is 1. The molecule has 1 aliphatic rings. The predicted octanol–water partition coefficient (Wildman–Crippen LogP) is 0.381. The largest absolute Gasteiger partial charge is 0.393 e. The van der Waals surface area contributed by atoms with Crippen LogP contribution in [0.4, 0.5) is 5.82 Å². The molecule has 0 spiro atoms. The quantitative estimate of drug-likeness (QED) is 0.764. The SMILES string of the molecule is OC1CCN(c2ncnc3nccnc23)CC1. The molecule has 0 radical (unpaired) electrons. The van der Waals surface area contributed by atoms with Gasteiger partial charge >= 0.3 is 0 Å². The standard InChI is InChI=1S/C11H13N5O/c17-8-1-5-16(6-2-8)11-9-10(14-7-15-11)13-4-3-12-9/h3-4,7-8,17H,1-2,5-6H2. The van der Waals surface area contributed by atoms with Crippen LogP contribution in [0.25, 0.3) is 11.2 Å². The topological polar surface area (TPSA) is 75.0 Å². The van der Waals surface area contributed by atoms with Crippen molar-refractivity contribution >= 4 is 17.0 Å². The Morgan fingerprint density at radius 1 is 1.06 bits per heavy atom. The third kappa shape index (κ3) is 1.91. The zero-order chi connectivity index (χ0) is 11.7. The van der Waals surface area contributed by atoms with Crippen molar-refractivity contribution in [1.82, 2.24) is 19.9 Å². The number of rotatable bonds is 1. The normalized spacial score (nSPS) is 17.6. The molecule has 1 aliphatic heterocycles. The molecule has 3 heterocycles. The van der Waals surface area contributed by atoms with Crippen LogP contribution in [0.3, 0.4) is 0 Å². The third-order valence-corrected chi connectivity index (χ3v) is 3.01. The Labute approximate surface area is 98.4 Å². The highest BCUT2D eigenvalue weighted by atomic mass is 16.3. The summed E-state index contributed by atoms with van der Waals surface area (Å²) in [6.45, 7) is 1.59. The molecule has 0 saturated carbocycles. The van der Waals surface area contributed by atoms with Crippen molar-refractivity contribution in [1.29, 1.82) is 0 Å². The number of fused-ring (bicyclic) bond motifs is 1. The molecule has 6 nitrogen and oxygen atoms in total. The Hall–Kier alpha value is -1.82. The van der Waals surface area contributed by atoms with E-state index in [4.69, 9.17) is 0 Å². The van der Waals surface area contributed by atoms with E-state index < -0.39 is 0 Å². The fourth-order valence-corrected chi connectivity index (χ4v) is 2.09. The maximum absolute atomic E-state index is 9.50. The number of aliphatic hydroxyl groups excluding tert-OH is 1. The molecule has 0 atom stereocenters. The number of hydrogen-bond donors (Lipinski definition) is 1. The van der Waals surface area contributed by atoms with E-state index >= 15 is 0 Å². The number of aromatic nitrogens is 4.